The van der Waals surface area contributed by atoms with Gasteiger partial charge in [-0.15, -0.1) is 0 Å². The van der Waals surface area contributed by atoms with Gasteiger partial charge in [0.15, 0.2) is 0 Å². The van der Waals surface area contributed by atoms with Gasteiger partial charge in [-0.25, -0.2) is 4.98 Å². The Bertz CT molecular complexity index is 960. The third-order valence-corrected chi connectivity index (χ3v) is 4.70. The SMILES string of the molecule is C[C@@H](NC(=O)/C=C\c1ccc2c(c1)CCO2)c1ccc(-n2ccnc2)cc1. The van der Waals surface area contributed by atoms with Crippen LogP contribution < -0.4 is 10.1 Å². The van der Waals surface area contributed by atoms with E-state index in [0.717, 1.165) is 35.6 Å². The summed E-state index contributed by atoms with van der Waals surface area (Å²) in [5, 5.41) is 3.00. The second-order valence-electron chi connectivity index (χ2n) is 6.59. The van der Waals surface area contributed by atoms with Crippen LogP contribution in [0.2, 0.25) is 0 Å². The molecular formula is C22H21N3O2. The Morgan fingerprint density at radius 3 is 2.89 bits per heavy atom. The second kappa shape index (κ2) is 7.50. The first-order chi connectivity index (χ1) is 13.2. The van der Waals surface area contributed by atoms with Gasteiger partial charge in [0.05, 0.1) is 19.0 Å². The molecule has 136 valence electrons. The normalized spacial score (nSPS) is 14.0. The van der Waals surface area contributed by atoms with Crippen molar-refractivity contribution in [3.8, 4) is 11.4 Å². The number of ether oxygens (including phenoxy) is 1. The number of hydrogen-bond donors (Lipinski definition) is 1. The summed E-state index contributed by atoms with van der Waals surface area (Å²) < 4.78 is 7.45. The molecule has 0 fully saturated rings. The average molecular weight is 359 g/mol. The minimum Gasteiger partial charge on any atom is -0.493 e. The van der Waals surface area contributed by atoms with E-state index in [2.05, 4.69) is 16.4 Å². The molecular weight excluding hydrogens is 338 g/mol. The Kier molecular flexibility index (Phi) is 4.75. The van der Waals surface area contributed by atoms with Crippen LogP contribution >= 0.6 is 0 Å². The van der Waals surface area contributed by atoms with Crippen LogP contribution in [0.5, 0.6) is 5.75 Å². The predicted octanol–water partition coefficient (Wildman–Crippen LogP) is 3.70. The standard InChI is InChI=1S/C22H21N3O2/c1-16(18-4-6-20(7-5-18)25-12-11-23-15-25)24-22(26)9-3-17-2-8-21-19(14-17)10-13-27-21/h2-9,11-12,14-16H,10,13H2,1H3,(H,24,26)/b9-3-/t16-/m1/s1. The number of imidazole rings is 1. The highest BCUT2D eigenvalue weighted by molar-refractivity contribution is 5.92. The highest BCUT2D eigenvalue weighted by Gasteiger charge is 2.11. The number of hydrogen-bond acceptors (Lipinski definition) is 3. The average Bonchev–Trinajstić information content (AvgIpc) is 3.38. The van der Waals surface area contributed by atoms with Gasteiger partial charge < -0.3 is 14.6 Å². The number of rotatable bonds is 5. The quantitative estimate of drug-likeness (QED) is 0.707. The first-order valence-corrected chi connectivity index (χ1v) is 9.01. The minimum absolute atomic E-state index is 0.0765. The molecule has 1 aliphatic rings. The largest absolute Gasteiger partial charge is 0.493 e. The Hall–Kier alpha value is -3.34. The van der Waals surface area contributed by atoms with Crippen molar-refractivity contribution < 1.29 is 9.53 Å². The number of amides is 1. The monoisotopic (exact) mass is 359 g/mol. The zero-order valence-corrected chi connectivity index (χ0v) is 15.1. The molecule has 0 unspecified atom stereocenters. The van der Waals surface area contributed by atoms with E-state index in [1.165, 1.54) is 5.56 Å². The van der Waals surface area contributed by atoms with Gasteiger partial charge in [0, 0.05) is 30.6 Å². The van der Waals surface area contributed by atoms with Crippen LogP contribution in [0, 0.1) is 0 Å². The van der Waals surface area contributed by atoms with Crippen molar-refractivity contribution in [3.63, 3.8) is 0 Å². The Morgan fingerprint density at radius 1 is 1.26 bits per heavy atom. The second-order valence-corrected chi connectivity index (χ2v) is 6.59. The lowest BCUT2D eigenvalue weighted by atomic mass is 10.1. The molecule has 1 aliphatic heterocycles. The van der Waals surface area contributed by atoms with Crippen LogP contribution in [0.1, 0.15) is 29.7 Å². The molecule has 5 nitrogen and oxygen atoms in total. The first-order valence-electron chi connectivity index (χ1n) is 9.01. The van der Waals surface area contributed by atoms with E-state index in [1.54, 1.807) is 18.6 Å². The van der Waals surface area contributed by atoms with Crippen molar-refractivity contribution >= 4 is 12.0 Å². The Balaban J connectivity index is 1.37. The van der Waals surface area contributed by atoms with E-state index in [4.69, 9.17) is 4.74 Å². The van der Waals surface area contributed by atoms with Crippen molar-refractivity contribution in [2.75, 3.05) is 6.61 Å². The van der Waals surface area contributed by atoms with Crippen LogP contribution in [0.3, 0.4) is 0 Å². The molecule has 0 spiro atoms. The Labute approximate surface area is 158 Å². The van der Waals surface area contributed by atoms with Crippen LogP contribution in [-0.2, 0) is 11.2 Å². The third-order valence-electron chi connectivity index (χ3n) is 4.70. The van der Waals surface area contributed by atoms with E-state index < -0.39 is 0 Å². The maximum absolute atomic E-state index is 12.3. The van der Waals surface area contributed by atoms with E-state index in [0.29, 0.717) is 0 Å². The first kappa shape index (κ1) is 17.1. The molecule has 5 heteroatoms. The molecule has 0 radical (unpaired) electrons. The summed E-state index contributed by atoms with van der Waals surface area (Å²) in [6, 6.07) is 14.0. The molecule has 4 rings (SSSR count). The van der Waals surface area contributed by atoms with Crippen molar-refractivity contribution in [2.24, 2.45) is 0 Å². The van der Waals surface area contributed by atoms with Crippen LogP contribution in [0.15, 0.2) is 67.3 Å². The molecule has 0 saturated heterocycles. The zero-order chi connectivity index (χ0) is 18.6. The number of benzene rings is 2. The lowest BCUT2D eigenvalue weighted by Gasteiger charge is -2.13. The predicted molar refractivity (Wildman–Crippen MR) is 105 cm³/mol. The summed E-state index contributed by atoms with van der Waals surface area (Å²) in [7, 11) is 0. The summed E-state index contributed by atoms with van der Waals surface area (Å²) in [6.07, 6.45) is 9.75. The number of carbonyl (C=O) groups is 1. The highest BCUT2D eigenvalue weighted by Crippen LogP contribution is 2.26. The van der Waals surface area contributed by atoms with Gasteiger partial charge in [-0.05, 0) is 54.0 Å². The molecule has 2 aromatic carbocycles. The van der Waals surface area contributed by atoms with Gasteiger partial charge in [-0.1, -0.05) is 18.2 Å². The number of nitrogens with one attached hydrogen (secondary N) is 1. The zero-order valence-electron chi connectivity index (χ0n) is 15.1. The molecule has 1 aromatic heterocycles. The fraction of sp³-hybridized carbons (Fsp3) is 0.182. The fourth-order valence-corrected chi connectivity index (χ4v) is 3.17. The number of fused-ring (bicyclic) bond motifs is 1. The fourth-order valence-electron chi connectivity index (χ4n) is 3.17. The molecule has 1 amide bonds. The smallest absolute Gasteiger partial charge is 0.244 e. The maximum atomic E-state index is 12.3. The third kappa shape index (κ3) is 3.92. The lowest BCUT2D eigenvalue weighted by Crippen LogP contribution is -2.24. The molecule has 0 saturated carbocycles. The molecule has 0 aliphatic carbocycles. The number of aromatic nitrogens is 2. The number of nitrogens with zero attached hydrogens (tertiary/aromatic N) is 2. The van der Waals surface area contributed by atoms with E-state index >= 15 is 0 Å². The van der Waals surface area contributed by atoms with Gasteiger partial charge in [0.2, 0.25) is 5.91 Å². The van der Waals surface area contributed by atoms with Gasteiger partial charge in [-0.3, -0.25) is 4.79 Å². The molecule has 27 heavy (non-hydrogen) atoms. The molecule has 2 heterocycles. The van der Waals surface area contributed by atoms with Gasteiger partial charge in [0.1, 0.15) is 5.75 Å². The lowest BCUT2D eigenvalue weighted by molar-refractivity contribution is -0.117. The van der Waals surface area contributed by atoms with Crippen LogP contribution in [0.25, 0.3) is 11.8 Å². The van der Waals surface area contributed by atoms with Crippen molar-refractivity contribution in [2.45, 2.75) is 19.4 Å². The van der Waals surface area contributed by atoms with Crippen LogP contribution in [-0.4, -0.2) is 22.1 Å². The highest BCUT2D eigenvalue weighted by atomic mass is 16.5. The topological polar surface area (TPSA) is 56.1 Å². The maximum Gasteiger partial charge on any atom is 0.244 e. The molecule has 1 N–H and O–H groups in total. The van der Waals surface area contributed by atoms with Gasteiger partial charge in [0.25, 0.3) is 0 Å². The summed E-state index contributed by atoms with van der Waals surface area (Å²) in [6.45, 7) is 2.71. The molecule has 3 aromatic rings. The van der Waals surface area contributed by atoms with Gasteiger partial charge in [-0.2, -0.15) is 0 Å². The Morgan fingerprint density at radius 2 is 2.11 bits per heavy atom. The summed E-state index contributed by atoms with van der Waals surface area (Å²) in [5.74, 6) is 0.835. The molecule has 1 atom stereocenters. The van der Waals surface area contributed by atoms with Gasteiger partial charge >= 0.3 is 0 Å². The number of carbonyl (C=O) groups excluding carboxylic acids is 1. The van der Waals surface area contributed by atoms with Crippen molar-refractivity contribution in [1.82, 2.24) is 14.9 Å². The molecule has 0 bridgehead atoms. The minimum atomic E-state index is -0.113. The van der Waals surface area contributed by atoms with Crippen LogP contribution in [0.4, 0.5) is 0 Å². The van der Waals surface area contributed by atoms with E-state index in [9.17, 15) is 4.79 Å². The van der Waals surface area contributed by atoms with Crippen molar-refractivity contribution in [1.29, 1.82) is 0 Å². The summed E-state index contributed by atoms with van der Waals surface area (Å²) in [4.78, 5) is 16.3. The van der Waals surface area contributed by atoms with E-state index in [-0.39, 0.29) is 11.9 Å². The van der Waals surface area contributed by atoms with E-state index in [1.807, 2.05) is 60.2 Å². The van der Waals surface area contributed by atoms with Crippen molar-refractivity contribution in [3.05, 3.63) is 84.0 Å². The summed E-state index contributed by atoms with van der Waals surface area (Å²) >= 11 is 0. The summed E-state index contributed by atoms with van der Waals surface area (Å²) in [5.41, 5.74) is 4.29.